The smallest absolute Gasteiger partial charge is 0.343 e. The maximum Gasteiger partial charge on any atom is 0.433 e. The second-order valence-electron chi connectivity index (χ2n) is 18.5. The number of alkyl halides is 6. The van der Waals surface area contributed by atoms with Gasteiger partial charge in [0.05, 0.1) is 18.0 Å². The molecule has 0 aliphatic heterocycles. The Balaban J connectivity index is 0.859. The number of imidazole rings is 2. The number of hydrogen-bond acceptors (Lipinski definition) is 13. The lowest BCUT2D eigenvalue weighted by atomic mass is 10.0. The number of pyridine rings is 2. The van der Waals surface area contributed by atoms with Gasteiger partial charge in [0, 0.05) is 46.1 Å². The molecule has 8 heterocycles. The van der Waals surface area contributed by atoms with Gasteiger partial charge in [0.2, 0.25) is 0 Å². The molecule has 386 valence electrons. The predicted octanol–water partition coefficient (Wildman–Crippen LogP) is 14.0. The van der Waals surface area contributed by atoms with Crippen molar-refractivity contribution in [3.05, 3.63) is 169 Å². The van der Waals surface area contributed by atoms with E-state index >= 15 is 0 Å². The summed E-state index contributed by atoms with van der Waals surface area (Å²) in [5.74, 6) is 1.62. The minimum atomic E-state index is -4.91. The SMILES string of the molecule is Cc1cc2c(Nc3cccc(-c4cccc(-c5nc(Nc6cccc(-c7cc(-c8nc(Nc9ccnc(C(F)(F)F)c9)c9ncn(C(C)C)c9n8)nc(C(F)(F)F)c7)c6)c6nc[nH]c6n5)c4)c3)nc(-c3ccccc3)nc2[nH]1. The van der Waals surface area contributed by atoms with E-state index in [1.807, 2.05) is 106 Å². The van der Waals surface area contributed by atoms with Crippen molar-refractivity contribution in [2.24, 2.45) is 0 Å². The molecular formula is C56H40F6N16. The molecule has 22 heteroatoms. The number of benzene rings is 4. The van der Waals surface area contributed by atoms with Crippen LogP contribution >= 0.6 is 0 Å². The van der Waals surface area contributed by atoms with Crippen LogP contribution in [0.15, 0.2) is 152 Å². The van der Waals surface area contributed by atoms with Gasteiger partial charge in [0.25, 0.3) is 0 Å². The van der Waals surface area contributed by atoms with Gasteiger partial charge < -0.3 is 30.5 Å². The summed E-state index contributed by atoms with van der Waals surface area (Å²) in [6.07, 6.45) is -5.72. The third-order valence-corrected chi connectivity index (χ3v) is 12.6. The second kappa shape index (κ2) is 19.2. The lowest BCUT2D eigenvalue weighted by Gasteiger charge is -2.15. The van der Waals surface area contributed by atoms with E-state index in [-0.39, 0.29) is 45.8 Å². The molecule has 0 bridgehead atoms. The highest BCUT2D eigenvalue weighted by Gasteiger charge is 2.35. The summed E-state index contributed by atoms with van der Waals surface area (Å²) in [4.78, 5) is 51.3. The summed E-state index contributed by atoms with van der Waals surface area (Å²) >= 11 is 0. The first kappa shape index (κ1) is 48.8. The number of aryl methyl sites for hydroxylation is 1. The first-order valence-corrected chi connectivity index (χ1v) is 24.2. The van der Waals surface area contributed by atoms with Crippen LogP contribution in [0.25, 0.3) is 89.9 Å². The monoisotopic (exact) mass is 1050 g/mol. The van der Waals surface area contributed by atoms with Gasteiger partial charge in [-0.25, -0.2) is 44.9 Å². The second-order valence-corrected chi connectivity index (χ2v) is 18.5. The molecule has 0 radical (unpaired) electrons. The average Bonchev–Trinajstić information content (AvgIpc) is 4.34. The van der Waals surface area contributed by atoms with Crippen molar-refractivity contribution in [2.75, 3.05) is 16.0 Å². The molecular weight excluding hydrogens is 1010 g/mol. The van der Waals surface area contributed by atoms with Gasteiger partial charge in [0.1, 0.15) is 28.5 Å². The zero-order valence-corrected chi connectivity index (χ0v) is 41.2. The maximum absolute atomic E-state index is 14.8. The predicted molar refractivity (Wildman–Crippen MR) is 285 cm³/mol. The van der Waals surface area contributed by atoms with Crippen LogP contribution in [0.5, 0.6) is 0 Å². The first-order chi connectivity index (χ1) is 37.6. The van der Waals surface area contributed by atoms with Crippen molar-refractivity contribution in [3.63, 3.8) is 0 Å². The van der Waals surface area contributed by atoms with E-state index in [4.69, 9.17) is 19.9 Å². The Hall–Kier alpha value is -10.1. The Morgan fingerprint density at radius 1 is 0.487 bits per heavy atom. The van der Waals surface area contributed by atoms with E-state index < -0.39 is 23.7 Å². The summed E-state index contributed by atoms with van der Waals surface area (Å²) in [6, 6.07) is 38.4. The molecule has 4 aromatic carbocycles. The van der Waals surface area contributed by atoms with Crippen molar-refractivity contribution < 1.29 is 26.3 Å². The molecule has 78 heavy (non-hydrogen) atoms. The molecule has 5 N–H and O–H groups in total. The van der Waals surface area contributed by atoms with Crippen LogP contribution in [0.3, 0.4) is 0 Å². The molecule has 0 fully saturated rings. The summed E-state index contributed by atoms with van der Waals surface area (Å²) in [5.41, 5.74) is 5.31. The summed E-state index contributed by atoms with van der Waals surface area (Å²) in [5, 5.41) is 10.5. The van der Waals surface area contributed by atoms with Crippen molar-refractivity contribution in [3.8, 4) is 56.5 Å². The third kappa shape index (κ3) is 9.72. The summed E-state index contributed by atoms with van der Waals surface area (Å²) in [6.45, 7) is 5.66. The molecule has 0 aliphatic rings. The Morgan fingerprint density at radius 2 is 1.09 bits per heavy atom. The fourth-order valence-corrected chi connectivity index (χ4v) is 8.92. The molecule has 0 spiro atoms. The lowest BCUT2D eigenvalue weighted by Crippen LogP contribution is -2.10. The summed E-state index contributed by atoms with van der Waals surface area (Å²) < 4.78 is 86.9. The van der Waals surface area contributed by atoms with Crippen LogP contribution in [0, 0.1) is 6.92 Å². The van der Waals surface area contributed by atoms with E-state index in [1.54, 1.807) is 28.8 Å². The molecule has 12 rings (SSSR count). The topological polar surface area (TPSA) is 201 Å². The van der Waals surface area contributed by atoms with Gasteiger partial charge in [-0.3, -0.25) is 4.98 Å². The number of aromatic nitrogens is 13. The minimum Gasteiger partial charge on any atom is -0.343 e. The molecule has 16 nitrogen and oxygen atoms in total. The molecule has 0 saturated carbocycles. The van der Waals surface area contributed by atoms with Gasteiger partial charge in [-0.2, -0.15) is 26.3 Å². The quantitative estimate of drug-likeness (QED) is 0.0724. The lowest BCUT2D eigenvalue weighted by molar-refractivity contribution is -0.141. The van der Waals surface area contributed by atoms with Gasteiger partial charge in [-0.1, -0.05) is 72.8 Å². The summed E-state index contributed by atoms with van der Waals surface area (Å²) in [7, 11) is 0. The fraction of sp³-hybridized carbons (Fsp3) is 0.107. The Labute approximate surface area is 438 Å². The van der Waals surface area contributed by atoms with Crippen molar-refractivity contribution in [2.45, 2.75) is 39.2 Å². The molecule has 0 atom stereocenters. The Morgan fingerprint density at radius 3 is 1.82 bits per heavy atom. The van der Waals surface area contributed by atoms with Gasteiger partial charge in [-0.05, 0) is 104 Å². The molecule has 0 aliphatic carbocycles. The van der Waals surface area contributed by atoms with E-state index in [1.165, 1.54) is 24.8 Å². The third-order valence-electron chi connectivity index (χ3n) is 12.6. The minimum absolute atomic E-state index is 0.0393. The average molecular weight is 1050 g/mol. The van der Waals surface area contributed by atoms with Crippen LogP contribution < -0.4 is 16.0 Å². The highest BCUT2D eigenvalue weighted by Crippen LogP contribution is 2.38. The first-order valence-electron chi connectivity index (χ1n) is 24.2. The van der Waals surface area contributed by atoms with Gasteiger partial charge in [0.15, 0.2) is 51.4 Å². The van der Waals surface area contributed by atoms with Gasteiger partial charge >= 0.3 is 12.4 Å². The number of hydrogen-bond donors (Lipinski definition) is 5. The van der Waals surface area contributed by atoms with Crippen molar-refractivity contribution in [1.29, 1.82) is 0 Å². The van der Waals surface area contributed by atoms with Crippen molar-refractivity contribution >= 4 is 67.9 Å². The number of halogens is 6. The highest BCUT2D eigenvalue weighted by atomic mass is 19.4. The number of fused-ring (bicyclic) bond motifs is 3. The van der Waals surface area contributed by atoms with Crippen LogP contribution in [0.4, 0.5) is 60.9 Å². The van der Waals surface area contributed by atoms with Crippen molar-refractivity contribution in [1.82, 2.24) is 64.4 Å². The Kier molecular flexibility index (Phi) is 12.0. The number of H-pyrrole nitrogens is 2. The molecule has 0 unspecified atom stereocenters. The molecule has 12 aromatic rings. The number of nitrogens with one attached hydrogen (secondary N) is 5. The number of nitrogens with zero attached hydrogens (tertiary/aromatic N) is 11. The van der Waals surface area contributed by atoms with E-state index in [0.29, 0.717) is 56.9 Å². The van der Waals surface area contributed by atoms with E-state index in [9.17, 15) is 26.3 Å². The zero-order valence-electron chi connectivity index (χ0n) is 41.2. The highest BCUT2D eigenvalue weighted by molar-refractivity contribution is 5.92. The largest absolute Gasteiger partial charge is 0.433 e. The molecule has 0 amide bonds. The van der Waals surface area contributed by atoms with Crippen LogP contribution in [-0.2, 0) is 12.4 Å². The standard InChI is InChI=1S/C56H40F6N16/c1-29(2)78-28-66-45-53(70-39-18-19-63-42(26-39)55(57,58)59)76-50(77-54(45)78)41-24-36(25-43(71-41)56(60,61)62)34-14-9-17-38(23-34)69-52-44-51(65-27-64-44)74-47(75-52)35-15-7-12-32(21-35)33-13-8-16-37(22-33)68-49-40-20-30(3)67-48(40)72-46(73-49)31-10-5-4-6-11-31/h4-29H,1-3H3,(H,63,70,76,77)(H2,67,68,72,73)(H2,64,65,69,74,75). The van der Waals surface area contributed by atoms with E-state index in [2.05, 4.69) is 55.8 Å². The van der Waals surface area contributed by atoms with Gasteiger partial charge in [-0.15, -0.1) is 0 Å². The van der Waals surface area contributed by atoms with Crippen LogP contribution in [0.1, 0.15) is 37.0 Å². The number of aromatic amines is 2. The normalized spacial score (nSPS) is 12.0. The van der Waals surface area contributed by atoms with Crippen LogP contribution in [0.2, 0.25) is 0 Å². The number of rotatable bonds is 12. The van der Waals surface area contributed by atoms with Crippen LogP contribution in [-0.4, -0.2) is 64.4 Å². The van der Waals surface area contributed by atoms with E-state index in [0.717, 1.165) is 51.8 Å². The molecule has 8 aromatic heterocycles. The fourth-order valence-electron chi connectivity index (χ4n) is 8.92. The molecule has 0 saturated heterocycles. The number of anilines is 6. The maximum atomic E-state index is 14.8. The zero-order chi connectivity index (χ0) is 53.9. The Bertz CT molecular complexity index is 4240.